The molecule has 1 heterocycles. The fourth-order valence-electron chi connectivity index (χ4n) is 1.71. The molecular formula is C12H12N4O3. The molecule has 0 aliphatic rings. The van der Waals surface area contributed by atoms with Crippen LogP contribution in [0, 0.1) is 6.92 Å². The standard InChI is InChI=1S/C12H12N4O3/c1-8-3-2-4-9(11(8)12(18)19)15-10(17)5-16-7-13-6-14-16/h2-4,6-7H,5H2,1H3,(H,15,17)(H,18,19). The number of amides is 1. The second-order valence-electron chi connectivity index (χ2n) is 3.94. The Bertz CT molecular complexity index is 607. The molecule has 0 bridgehead atoms. The summed E-state index contributed by atoms with van der Waals surface area (Å²) in [6.07, 6.45) is 2.73. The molecule has 0 atom stereocenters. The number of carbonyl (C=O) groups excluding carboxylic acids is 1. The first-order chi connectivity index (χ1) is 9.08. The molecule has 0 saturated carbocycles. The van der Waals surface area contributed by atoms with Gasteiger partial charge in [0, 0.05) is 0 Å². The summed E-state index contributed by atoms with van der Waals surface area (Å²) in [5, 5.41) is 15.5. The van der Waals surface area contributed by atoms with Crippen molar-refractivity contribution >= 4 is 17.6 Å². The fourth-order valence-corrected chi connectivity index (χ4v) is 1.71. The highest BCUT2D eigenvalue weighted by atomic mass is 16.4. The number of rotatable bonds is 4. The first-order valence-corrected chi connectivity index (χ1v) is 5.53. The van der Waals surface area contributed by atoms with E-state index < -0.39 is 5.97 Å². The normalized spacial score (nSPS) is 10.2. The van der Waals surface area contributed by atoms with Crippen LogP contribution in [-0.2, 0) is 11.3 Å². The van der Waals surface area contributed by atoms with E-state index in [9.17, 15) is 9.59 Å². The van der Waals surface area contributed by atoms with Crippen LogP contribution < -0.4 is 5.32 Å². The van der Waals surface area contributed by atoms with E-state index in [4.69, 9.17) is 5.11 Å². The molecule has 7 heteroatoms. The summed E-state index contributed by atoms with van der Waals surface area (Å²) in [6, 6.07) is 4.92. The van der Waals surface area contributed by atoms with E-state index in [1.54, 1.807) is 25.1 Å². The molecule has 98 valence electrons. The SMILES string of the molecule is Cc1cccc(NC(=O)Cn2cncn2)c1C(=O)O. The monoisotopic (exact) mass is 260 g/mol. The molecule has 2 aromatic rings. The second kappa shape index (κ2) is 5.30. The highest BCUT2D eigenvalue weighted by molar-refractivity contribution is 6.01. The number of nitrogens with zero attached hydrogens (tertiary/aromatic N) is 3. The maximum absolute atomic E-state index is 11.8. The summed E-state index contributed by atoms with van der Waals surface area (Å²) < 4.78 is 1.35. The van der Waals surface area contributed by atoms with E-state index in [0.717, 1.165) is 0 Å². The number of benzene rings is 1. The van der Waals surface area contributed by atoms with Crippen LogP contribution in [0.3, 0.4) is 0 Å². The molecular weight excluding hydrogens is 248 g/mol. The zero-order valence-electron chi connectivity index (χ0n) is 10.2. The third kappa shape index (κ3) is 2.95. The number of carboxylic acid groups (broad SMARTS) is 1. The number of aromatic nitrogens is 3. The third-order valence-electron chi connectivity index (χ3n) is 2.53. The van der Waals surface area contributed by atoms with Crippen LogP contribution >= 0.6 is 0 Å². The van der Waals surface area contributed by atoms with Crippen molar-refractivity contribution in [2.45, 2.75) is 13.5 Å². The Morgan fingerprint density at radius 2 is 2.21 bits per heavy atom. The molecule has 0 fully saturated rings. The van der Waals surface area contributed by atoms with Gasteiger partial charge in [-0.2, -0.15) is 5.10 Å². The summed E-state index contributed by atoms with van der Waals surface area (Å²) in [4.78, 5) is 26.7. The minimum Gasteiger partial charge on any atom is -0.478 e. The molecule has 19 heavy (non-hydrogen) atoms. The van der Waals surface area contributed by atoms with E-state index in [1.807, 2.05) is 0 Å². The van der Waals surface area contributed by atoms with Crippen molar-refractivity contribution in [1.29, 1.82) is 0 Å². The lowest BCUT2D eigenvalue weighted by atomic mass is 10.1. The van der Waals surface area contributed by atoms with Gasteiger partial charge in [-0.25, -0.2) is 14.5 Å². The maximum atomic E-state index is 11.8. The molecule has 1 aromatic carbocycles. The van der Waals surface area contributed by atoms with E-state index in [1.165, 1.54) is 17.3 Å². The Hall–Kier alpha value is -2.70. The van der Waals surface area contributed by atoms with Crippen molar-refractivity contribution in [2.75, 3.05) is 5.32 Å². The number of aryl methyl sites for hydroxylation is 1. The van der Waals surface area contributed by atoms with E-state index in [0.29, 0.717) is 5.56 Å². The van der Waals surface area contributed by atoms with Crippen molar-refractivity contribution < 1.29 is 14.7 Å². The van der Waals surface area contributed by atoms with Gasteiger partial charge in [-0.05, 0) is 18.6 Å². The predicted octanol–water partition coefficient (Wildman–Crippen LogP) is 0.923. The van der Waals surface area contributed by atoms with E-state index in [2.05, 4.69) is 15.4 Å². The molecule has 0 aliphatic heterocycles. The first kappa shape index (κ1) is 12.7. The minimum atomic E-state index is -1.07. The molecule has 0 aliphatic carbocycles. The summed E-state index contributed by atoms with van der Waals surface area (Å²) >= 11 is 0. The van der Waals surface area contributed by atoms with Gasteiger partial charge in [-0.1, -0.05) is 12.1 Å². The Kier molecular flexibility index (Phi) is 3.56. The fraction of sp³-hybridized carbons (Fsp3) is 0.167. The summed E-state index contributed by atoms with van der Waals surface area (Å²) in [5.41, 5.74) is 0.957. The van der Waals surface area contributed by atoms with Crippen LogP contribution in [0.2, 0.25) is 0 Å². The topological polar surface area (TPSA) is 97.1 Å². The van der Waals surface area contributed by atoms with Gasteiger partial charge in [0.25, 0.3) is 0 Å². The van der Waals surface area contributed by atoms with Crippen molar-refractivity contribution in [1.82, 2.24) is 14.8 Å². The summed E-state index contributed by atoms with van der Waals surface area (Å²) in [7, 11) is 0. The smallest absolute Gasteiger partial charge is 0.338 e. The molecule has 0 saturated heterocycles. The van der Waals surface area contributed by atoms with Gasteiger partial charge >= 0.3 is 5.97 Å². The van der Waals surface area contributed by atoms with E-state index in [-0.39, 0.29) is 23.7 Å². The van der Waals surface area contributed by atoms with Crippen molar-refractivity contribution in [3.8, 4) is 0 Å². The quantitative estimate of drug-likeness (QED) is 0.852. The molecule has 0 unspecified atom stereocenters. The minimum absolute atomic E-state index is 0.0208. The number of nitrogens with one attached hydrogen (secondary N) is 1. The lowest BCUT2D eigenvalue weighted by Crippen LogP contribution is -2.20. The average molecular weight is 260 g/mol. The van der Waals surface area contributed by atoms with Gasteiger partial charge in [0.05, 0.1) is 11.3 Å². The summed E-state index contributed by atoms with van der Waals surface area (Å²) in [5.74, 6) is -1.44. The molecule has 7 nitrogen and oxygen atoms in total. The number of hydrogen-bond donors (Lipinski definition) is 2. The number of carbonyl (C=O) groups is 2. The maximum Gasteiger partial charge on any atom is 0.338 e. The Morgan fingerprint density at radius 3 is 2.84 bits per heavy atom. The average Bonchev–Trinajstić information content (AvgIpc) is 2.81. The third-order valence-corrected chi connectivity index (χ3v) is 2.53. The molecule has 1 amide bonds. The number of aromatic carboxylic acids is 1. The molecule has 0 radical (unpaired) electrons. The van der Waals surface area contributed by atoms with E-state index >= 15 is 0 Å². The highest BCUT2D eigenvalue weighted by Crippen LogP contribution is 2.19. The first-order valence-electron chi connectivity index (χ1n) is 5.53. The van der Waals surface area contributed by atoms with Crippen LogP contribution in [-0.4, -0.2) is 31.7 Å². The van der Waals surface area contributed by atoms with Gasteiger partial charge in [0.2, 0.25) is 5.91 Å². The van der Waals surface area contributed by atoms with Gasteiger partial charge in [0.1, 0.15) is 19.2 Å². The summed E-state index contributed by atoms with van der Waals surface area (Å²) in [6.45, 7) is 1.66. The number of carboxylic acids is 1. The predicted molar refractivity (Wildman–Crippen MR) is 66.8 cm³/mol. The van der Waals surface area contributed by atoms with Gasteiger partial charge in [-0.15, -0.1) is 0 Å². The number of anilines is 1. The molecule has 2 N–H and O–H groups in total. The van der Waals surface area contributed by atoms with Crippen LogP contribution in [0.4, 0.5) is 5.69 Å². The molecule has 0 spiro atoms. The Morgan fingerprint density at radius 1 is 1.42 bits per heavy atom. The van der Waals surface area contributed by atoms with Crippen LogP contribution in [0.25, 0.3) is 0 Å². The zero-order chi connectivity index (χ0) is 13.8. The van der Waals surface area contributed by atoms with Crippen molar-refractivity contribution in [3.63, 3.8) is 0 Å². The van der Waals surface area contributed by atoms with Crippen LogP contribution in [0.1, 0.15) is 15.9 Å². The largest absolute Gasteiger partial charge is 0.478 e. The van der Waals surface area contributed by atoms with Gasteiger partial charge in [-0.3, -0.25) is 4.79 Å². The highest BCUT2D eigenvalue weighted by Gasteiger charge is 2.15. The second-order valence-corrected chi connectivity index (χ2v) is 3.94. The van der Waals surface area contributed by atoms with Crippen molar-refractivity contribution in [2.24, 2.45) is 0 Å². The Labute approximate surface area is 108 Å². The van der Waals surface area contributed by atoms with Crippen LogP contribution in [0.5, 0.6) is 0 Å². The number of hydrogen-bond acceptors (Lipinski definition) is 4. The van der Waals surface area contributed by atoms with Crippen LogP contribution in [0.15, 0.2) is 30.9 Å². The zero-order valence-corrected chi connectivity index (χ0v) is 10.2. The molecule has 1 aromatic heterocycles. The van der Waals surface area contributed by atoms with Gasteiger partial charge in [0.15, 0.2) is 0 Å². The van der Waals surface area contributed by atoms with Gasteiger partial charge < -0.3 is 10.4 Å². The lowest BCUT2D eigenvalue weighted by molar-refractivity contribution is -0.116. The van der Waals surface area contributed by atoms with Crippen molar-refractivity contribution in [3.05, 3.63) is 42.0 Å². The lowest BCUT2D eigenvalue weighted by Gasteiger charge is -2.10. The molecule has 2 rings (SSSR count). The Balaban J connectivity index is 2.17.